The highest BCUT2D eigenvalue weighted by molar-refractivity contribution is 5.28. The molecule has 0 aliphatic heterocycles. The fourth-order valence-corrected chi connectivity index (χ4v) is 2.59. The van der Waals surface area contributed by atoms with Crippen LogP contribution in [0.25, 0.3) is 0 Å². The first-order valence-corrected chi connectivity index (χ1v) is 5.22. The molecule has 14 heavy (non-hydrogen) atoms. The van der Waals surface area contributed by atoms with Gasteiger partial charge in [0.2, 0.25) is 0 Å². The summed E-state index contributed by atoms with van der Waals surface area (Å²) >= 11 is 0. The largest absolute Gasteiger partial charge is 0.386 e. The smallest absolute Gasteiger partial charge is 0.101 e. The zero-order valence-electron chi connectivity index (χ0n) is 8.88. The average Bonchev–Trinajstić information content (AvgIpc) is 2.09. The molecule has 0 aromatic rings. The van der Waals surface area contributed by atoms with Gasteiger partial charge in [0.25, 0.3) is 0 Å². The lowest BCUT2D eigenvalue weighted by atomic mass is 9.65. The van der Waals surface area contributed by atoms with Gasteiger partial charge in [-0.3, -0.25) is 0 Å². The van der Waals surface area contributed by atoms with E-state index in [-0.39, 0.29) is 0 Å². The van der Waals surface area contributed by atoms with Crippen LogP contribution in [0.4, 0.5) is 0 Å². The quantitative estimate of drug-likeness (QED) is 0.578. The summed E-state index contributed by atoms with van der Waals surface area (Å²) in [5.74, 6) is 0. The van der Waals surface area contributed by atoms with Crippen LogP contribution in [0.2, 0.25) is 0 Å². The molecule has 0 unspecified atom stereocenters. The summed E-state index contributed by atoms with van der Waals surface area (Å²) in [5.41, 5.74) is 0.608. The Morgan fingerprint density at radius 2 is 1.29 bits per heavy atom. The van der Waals surface area contributed by atoms with E-state index in [1.807, 2.05) is 26.0 Å². The van der Waals surface area contributed by atoms with Crippen molar-refractivity contribution in [2.24, 2.45) is 0 Å². The molecule has 0 saturated heterocycles. The Hall–Kier alpha value is -0.600. The van der Waals surface area contributed by atoms with E-state index in [4.69, 9.17) is 0 Å². The third kappa shape index (κ3) is 1.25. The standard InChI is InChI=1S/C12H18O2/c1-9-7-11(13)5-3-4-6-12(11,14)8-10(9)2/h3-4,13-14H,5-8H2,1-2H3/t11-,12+. The summed E-state index contributed by atoms with van der Waals surface area (Å²) < 4.78 is 0. The maximum atomic E-state index is 10.4. The third-order valence-corrected chi connectivity index (χ3v) is 3.79. The Kier molecular flexibility index (Phi) is 2.09. The zero-order chi connectivity index (χ0) is 10.4. The number of hydrogen-bond donors (Lipinski definition) is 2. The SMILES string of the molecule is CC1=C(C)C[C@@]2(O)CC=CC[C@@]2(O)C1. The van der Waals surface area contributed by atoms with Gasteiger partial charge in [0, 0.05) is 12.8 Å². The minimum Gasteiger partial charge on any atom is -0.386 e. The van der Waals surface area contributed by atoms with Gasteiger partial charge in [0.15, 0.2) is 0 Å². The lowest BCUT2D eigenvalue weighted by Crippen LogP contribution is -2.57. The Morgan fingerprint density at radius 3 is 1.64 bits per heavy atom. The van der Waals surface area contributed by atoms with Gasteiger partial charge in [-0.2, -0.15) is 0 Å². The molecule has 0 bridgehead atoms. The van der Waals surface area contributed by atoms with Crippen molar-refractivity contribution < 1.29 is 10.2 Å². The van der Waals surface area contributed by atoms with Crippen molar-refractivity contribution in [3.63, 3.8) is 0 Å². The van der Waals surface area contributed by atoms with Crippen LogP contribution < -0.4 is 0 Å². The van der Waals surface area contributed by atoms with Crippen molar-refractivity contribution in [1.82, 2.24) is 0 Å². The Balaban J connectivity index is 2.40. The number of fused-ring (bicyclic) bond motifs is 1. The van der Waals surface area contributed by atoms with Crippen LogP contribution in [0.3, 0.4) is 0 Å². The van der Waals surface area contributed by atoms with Gasteiger partial charge in [0.05, 0.1) is 0 Å². The molecule has 2 heteroatoms. The van der Waals surface area contributed by atoms with Crippen molar-refractivity contribution in [3.8, 4) is 0 Å². The molecule has 0 radical (unpaired) electrons. The van der Waals surface area contributed by atoms with Crippen LogP contribution in [-0.2, 0) is 0 Å². The van der Waals surface area contributed by atoms with Gasteiger partial charge >= 0.3 is 0 Å². The molecule has 2 rings (SSSR count). The van der Waals surface area contributed by atoms with Gasteiger partial charge < -0.3 is 10.2 Å². The second-order valence-electron chi connectivity index (χ2n) is 4.86. The van der Waals surface area contributed by atoms with E-state index in [1.165, 1.54) is 11.1 Å². The van der Waals surface area contributed by atoms with E-state index in [9.17, 15) is 10.2 Å². The van der Waals surface area contributed by atoms with E-state index in [0.717, 1.165) is 0 Å². The fraction of sp³-hybridized carbons (Fsp3) is 0.667. The van der Waals surface area contributed by atoms with Gasteiger partial charge in [-0.05, 0) is 26.7 Å². The Morgan fingerprint density at radius 1 is 0.929 bits per heavy atom. The van der Waals surface area contributed by atoms with E-state index in [0.29, 0.717) is 25.7 Å². The van der Waals surface area contributed by atoms with Gasteiger partial charge in [0.1, 0.15) is 11.2 Å². The van der Waals surface area contributed by atoms with Crippen LogP contribution in [0, 0.1) is 0 Å². The van der Waals surface area contributed by atoms with Crippen LogP contribution in [0.5, 0.6) is 0 Å². The molecule has 0 saturated carbocycles. The molecular formula is C12H18O2. The summed E-state index contributed by atoms with van der Waals surface area (Å²) in [5, 5.41) is 20.8. The van der Waals surface area contributed by atoms with Crippen LogP contribution >= 0.6 is 0 Å². The first-order valence-electron chi connectivity index (χ1n) is 5.22. The highest BCUT2D eigenvalue weighted by atomic mass is 16.4. The average molecular weight is 194 g/mol. The summed E-state index contributed by atoms with van der Waals surface area (Å²) in [6.45, 7) is 4.09. The number of hydrogen-bond acceptors (Lipinski definition) is 2. The van der Waals surface area contributed by atoms with Crippen molar-refractivity contribution >= 4 is 0 Å². The Bertz CT molecular complexity index is 286. The predicted octanol–water partition coefficient (Wildman–Crippen LogP) is 1.93. The molecule has 2 atom stereocenters. The summed E-state index contributed by atoms with van der Waals surface area (Å²) in [6, 6.07) is 0. The van der Waals surface area contributed by atoms with Crippen molar-refractivity contribution in [3.05, 3.63) is 23.3 Å². The molecule has 0 spiro atoms. The third-order valence-electron chi connectivity index (χ3n) is 3.79. The molecule has 0 aromatic carbocycles. The highest BCUT2D eigenvalue weighted by Gasteiger charge is 2.51. The monoisotopic (exact) mass is 194 g/mol. The second-order valence-corrected chi connectivity index (χ2v) is 4.86. The van der Waals surface area contributed by atoms with Gasteiger partial charge in [-0.25, -0.2) is 0 Å². The molecule has 2 N–H and O–H groups in total. The van der Waals surface area contributed by atoms with E-state index < -0.39 is 11.2 Å². The zero-order valence-corrected chi connectivity index (χ0v) is 8.88. The predicted molar refractivity (Wildman–Crippen MR) is 55.9 cm³/mol. The molecule has 0 aromatic heterocycles. The van der Waals surface area contributed by atoms with Crippen LogP contribution in [0.15, 0.2) is 23.3 Å². The van der Waals surface area contributed by atoms with E-state index >= 15 is 0 Å². The second kappa shape index (κ2) is 2.94. The maximum absolute atomic E-state index is 10.4. The highest BCUT2D eigenvalue weighted by Crippen LogP contribution is 2.46. The summed E-state index contributed by atoms with van der Waals surface area (Å²) in [4.78, 5) is 0. The van der Waals surface area contributed by atoms with Crippen molar-refractivity contribution in [1.29, 1.82) is 0 Å². The van der Waals surface area contributed by atoms with Crippen molar-refractivity contribution in [2.75, 3.05) is 0 Å². The minimum absolute atomic E-state index is 0.578. The van der Waals surface area contributed by atoms with Crippen LogP contribution in [0.1, 0.15) is 39.5 Å². The van der Waals surface area contributed by atoms with Gasteiger partial charge in [-0.15, -0.1) is 0 Å². The van der Waals surface area contributed by atoms with E-state index in [1.54, 1.807) is 0 Å². The summed E-state index contributed by atoms with van der Waals surface area (Å²) in [7, 11) is 0. The topological polar surface area (TPSA) is 40.5 Å². The molecule has 0 amide bonds. The molecule has 78 valence electrons. The molecule has 0 fully saturated rings. The van der Waals surface area contributed by atoms with Gasteiger partial charge in [-0.1, -0.05) is 23.3 Å². The van der Waals surface area contributed by atoms with Crippen molar-refractivity contribution in [2.45, 2.75) is 50.7 Å². The van der Waals surface area contributed by atoms with Crippen LogP contribution in [-0.4, -0.2) is 21.4 Å². The lowest BCUT2D eigenvalue weighted by molar-refractivity contribution is -0.157. The Labute approximate surface area is 85.0 Å². The fourth-order valence-electron chi connectivity index (χ4n) is 2.59. The first-order chi connectivity index (χ1) is 6.47. The molecular weight excluding hydrogens is 176 g/mol. The normalized spacial score (nSPS) is 42.6. The lowest BCUT2D eigenvalue weighted by Gasteiger charge is -2.48. The number of aliphatic hydroxyl groups is 2. The first kappa shape index (κ1) is 9.94. The molecule has 2 nitrogen and oxygen atoms in total. The summed E-state index contributed by atoms with van der Waals surface area (Å²) in [6.07, 6.45) is 6.33. The minimum atomic E-state index is -0.925. The molecule has 0 heterocycles. The number of rotatable bonds is 0. The maximum Gasteiger partial charge on any atom is 0.101 e. The van der Waals surface area contributed by atoms with E-state index in [2.05, 4.69) is 0 Å². The molecule has 2 aliphatic carbocycles. The molecule has 2 aliphatic rings.